The number of benzene rings is 1. The molecule has 0 saturated carbocycles. The third kappa shape index (κ3) is 3.23. The SMILES string of the molecule is O=C(O)CC1CCN(Cc2ccccc2)C(=O)O1. The van der Waals surface area contributed by atoms with Crippen molar-refractivity contribution in [3.8, 4) is 0 Å². The first kappa shape index (κ1) is 12.4. The maximum absolute atomic E-state index is 11.7. The summed E-state index contributed by atoms with van der Waals surface area (Å²) in [6.45, 7) is 1.03. The molecule has 1 N–H and O–H groups in total. The molecule has 1 unspecified atom stereocenters. The van der Waals surface area contributed by atoms with Gasteiger partial charge in [0.15, 0.2) is 0 Å². The fourth-order valence-corrected chi connectivity index (χ4v) is 1.95. The molecule has 1 heterocycles. The number of cyclic esters (lactones) is 1. The van der Waals surface area contributed by atoms with E-state index < -0.39 is 18.2 Å². The zero-order valence-corrected chi connectivity index (χ0v) is 9.91. The third-order valence-corrected chi connectivity index (χ3v) is 2.87. The molecule has 0 aromatic heterocycles. The highest BCUT2D eigenvalue weighted by molar-refractivity contribution is 5.71. The number of rotatable bonds is 4. The summed E-state index contributed by atoms with van der Waals surface area (Å²) in [6, 6.07) is 9.63. The normalized spacial score (nSPS) is 19.4. The smallest absolute Gasteiger partial charge is 0.410 e. The number of carbonyl (C=O) groups excluding carboxylic acids is 1. The minimum absolute atomic E-state index is 0.120. The Hall–Kier alpha value is -2.04. The van der Waals surface area contributed by atoms with Crippen LogP contribution in [0.3, 0.4) is 0 Å². The first-order valence-corrected chi connectivity index (χ1v) is 5.86. The number of hydrogen-bond acceptors (Lipinski definition) is 3. The Morgan fingerprint density at radius 3 is 2.72 bits per heavy atom. The van der Waals surface area contributed by atoms with Gasteiger partial charge in [0, 0.05) is 19.5 Å². The number of hydrogen-bond donors (Lipinski definition) is 1. The monoisotopic (exact) mass is 249 g/mol. The minimum atomic E-state index is -0.940. The van der Waals surface area contributed by atoms with Crippen molar-refractivity contribution in [1.29, 1.82) is 0 Å². The van der Waals surface area contributed by atoms with Crippen molar-refractivity contribution in [1.82, 2.24) is 4.90 Å². The summed E-state index contributed by atoms with van der Waals surface area (Å²) in [7, 11) is 0. The minimum Gasteiger partial charge on any atom is -0.481 e. The van der Waals surface area contributed by atoms with Crippen molar-refractivity contribution < 1.29 is 19.4 Å². The lowest BCUT2D eigenvalue weighted by atomic mass is 10.1. The Kier molecular flexibility index (Phi) is 3.82. The van der Waals surface area contributed by atoms with Crippen LogP contribution in [0.5, 0.6) is 0 Å². The molecule has 0 bridgehead atoms. The van der Waals surface area contributed by atoms with E-state index in [1.807, 2.05) is 30.3 Å². The maximum Gasteiger partial charge on any atom is 0.410 e. The summed E-state index contributed by atoms with van der Waals surface area (Å²) in [4.78, 5) is 23.8. The van der Waals surface area contributed by atoms with E-state index in [9.17, 15) is 9.59 Å². The summed E-state index contributed by atoms with van der Waals surface area (Å²) in [5.74, 6) is -0.940. The summed E-state index contributed by atoms with van der Waals surface area (Å²) in [6.07, 6.45) is -0.492. The Balaban J connectivity index is 1.90. The molecule has 5 nitrogen and oxygen atoms in total. The van der Waals surface area contributed by atoms with Crippen molar-refractivity contribution >= 4 is 12.1 Å². The zero-order chi connectivity index (χ0) is 13.0. The van der Waals surface area contributed by atoms with Crippen LogP contribution in [0.1, 0.15) is 18.4 Å². The Bertz CT molecular complexity index is 432. The van der Waals surface area contributed by atoms with Gasteiger partial charge in [-0.05, 0) is 5.56 Å². The summed E-state index contributed by atoms with van der Waals surface area (Å²) in [5.41, 5.74) is 1.03. The summed E-state index contributed by atoms with van der Waals surface area (Å²) in [5, 5.41) is 8.65. The van der Waals surface area contributed by atoms with Crippen LogP contribution >= 0.6 is 0 Å². The summed E-state index contributed by atoms with van der Waals surface area (Å²) < 4.78 is 5.09. The molecule has 1 aromatic carbocycles. The van der Waals surface area contributed by atoms with E-state index in [0.29, 0.717) is 19.5 Å². The molecule has 0 aliphatic carbocycles. The van der Waals surface area contributed by atoms with Crippen LogP contribution in [-0.4, -0.2) is 34.7 Å². The Morgan fingerprint density at radius 1 is 1.39 bits per heavy atom. The van der Waals surface area contributed by atoms with Crippen LogP contribution in [0, 0.1) is 0 Å². The average Bonchev–Trinajstić information content (AvgIpc) is 2.33. The number of nitrogens with zero attached hydrogens (tertiary/aromatic N) is 1. The standard InChI is InChI=1S/C13H15NO4/c15-12(16)8-11-6-7-14(13(17)18-11)9-10-4-2-1-3-5-10/h1-5,11H,6-9H2,(H,15,16). The van der Waals surface area contributed by atoms with Crippen LogP contribution in [0.25, 0.3) is 0 Å². The maximum atomic E-state index is 11.7. The topological polar surface area (TPSA) is 66.8 Å². The molecule has 96 valence electrons. The number of carboxylic acid groups (broad SMARTS) is 1. The molecular weight excluding hydrogens is 234 g/mol. The highest BCUT2D eigenvalue weighted by atomic mass is 16.6. The van der Waals surface area contributed by atoms with Crippen LogP contribution in [0.2, 0.25) is 0 Å². The van der Waals surface area contributed by atoms with E-state index in [1.165, 1.54) is 0 Å². The zero-order valence-electron chi connectivity index (χ0n) is 9.91. The van der Waals surface area contributed by atoms with E-state index in [1.54, 1.807) is 4.90 Å². The first-order chi connectivity index (χ1) is 8.65. The molecule has 18 heavy (non-hydrogen) atoms. The lowest BCUT2D eigenvalue weighted by Crippen LogP contribution is -2.42. The van der Waals surface area contributed by atoms with Crippen molar-refractivity contribution in [2.75, 3.05) is 6.54 Å². The Morgan fingerprint density at radius 2 is 2.11 bits per heavy atom. The molecular formula is C13H15NO4. The molecule has 1 fully saturated rings. The lowest BCUT2D eigenvalue weighted by Gasteiger charge is -2.31. The number of aliphatic carboxylic acids is 1. The van der Waals surface area contributed by atoms with Gasteiger partial charge in [0.1, 0.15) is 6.10 Å². The van der Waals surface area contributed by atoms with Gasteiger partial charge in [0.05, 0.1) is 6.42 Å². The van der Waals surface area contributed by atoms with E-state index >= 15 is 0 Å². The molecule has 1 atom stereocenters. The largest absolute Gasteiger partial charge is 0.481 e. The quantitative estimate of drug-likeness (QED) is 0.884. The number of ether oxygens (including phenoxy) is 1. The molecule has 1 aliphatic rings. The molecule has 1 amide bonds. The van der Waals surface area contributed by atoms with Crippen molar-refractivity contribution in [3.63, 3.8) is 0 Å². The van der Waals surface area contributed by atoms with Gasteiger partial charge in [-0.25, -0.2) is 4.79 Å². The fraction of sp³-hybridized carbons (Fsp3) is 0.385. The van der Waals surface area contributed by atoms with Gasteiger partial charge in [0.25, 0.3) is 0 Å². The van der Waals surface area contributed by atoms with Crippen LogP contribution in [-0.2, 0) is 16.1 Å². The van der Waals surface area contributed by atoms with Gasteiger partial charge in [-0.2, -0.15) is 0 Å². The van der Waals surface area contributed by atoms with Crippen molar-refractivity contribution in [2.24, 2.45) is 0 Å². The summed E-state index contributed by atoms with van der Waals surface area (Å²) >= 11 is 0. The Labute approximate surface area is 105 Å². The van der Waals surface area contributed by atoms with E-state index in [0.717, 1.165) is 5.56 Å². The van der Waals surface area contributed by atoms with Gasteiger partial charge < -0.3 is 14.7 Å². The van der Waals surface area contributed by atoms with E-state index in [-0.39, 0.29) is 6.42 Å². The first-order valence-electron chi connectivity index (χ1n) is 5.86. The van der Waals surface area contributed by atoms with E-state index in [4.69, 9.17) is 9.84 Å². The van der Waals surface area contributed by atoms with Crippen molar-refractivity contribution in [2.45, 2.75) is 25.5 Å². The highest BCUT2D eigenvalue weighted by Crippen LogP contribution is 2.17. The molecule has 0 spiro atoms. The van der Waals surface area contributed by atoms with Gasteiger partial charge >= 0.3 is 12.1 Å². The van der Waals surface area contributed by atoms with Crippen molar-refractivity contribution in [3.05, 3.63) is 35.9 Å². The fourth-order valence-electron chi connectivity index (χ4n) is 1.95. The van der Waals surface area contributed by atoms with Crippen LogP contribution < -0.4 is 0 Å². The number of carbonyl (C=O) groups is 2. The molecule has 1 aromatic rings. The van der Waals surface area contributed by atoms with Crippen LogP contribution in [0.15, 0.2) is 30.3 Å². The van der Waals surface area contributed by atoms with Gasteiger partial charge in [-0.3, -0.25) is 4.79 Å². The second-order valence-electron chi connectivity index (χ2n) is 4.30. The second kappa shape index (κ2) is 5.53. The predicted molar refractivity (Wildman–Crippen MR) is 64.0 cm³/mol. The molecule has 1 saturated heterocycles. The van der Waals surface area contributed by atoms with E-state index in [2.05, 4.69) is 0 Å². The lowest BCUT2D eigenvalue weighted by molar-refractivity contribution is -0.139. The highest BCUT2D eigenvalue weighted by Gasteiger charge is 2.28. The average molecular weight is 249 g/mol. The molecule has 1 aliphatic heterocycles. The van der Waals surface area contributed by atoms with Crippen LogP contribution in [0.4, 0.5) is 4.79 Å². The predicted octanol–water partition coefficient (Wildman–Crippen LogP) is 1.87. The van der Waals surface area contributed by atoms with Gasteiger partial charge in [0.2, 0.25) is 0 Å². The molecule has 0 radical (unpaired) electrons. The second-order valence-corrected chi connectivity index (χ2v) is 4.30. The van der Waals surface area contributed by atoms with Gasteiger partial charge in [-0.15, -0.1) is 0 Å². The number of carboxylic acids is 1. The molecule has 2 rings (SSSR count). The number of amides is 1. The third-order valence-electron chi connectivity index (χ3n) is 2.87. The van der Waals surface area contributed by atoms with Gasteiger partial charge in [-0.1, -0.05) is 30.3 Å². The molecule has 5 heteroatoms.